The molecule has 6 amide bonds. The number of carbonyl (C=O) groups excluding carboxylic acids is 7. The Labute approximate surface area is 373 Å². The average molecular weight is 877 g/mol. The second kappa shape index (κ2) is 20.1. The molecule has 2 saturated carbocycles. The van der Waals surface area contributed by atoms with Crippen molar-refractivity contribution in [3.05, 3.63) is 83.9 Å². The molecule has 4 aliphatic rings. The lowest BCUT2D eigenvalue weighted by molar-refractivity contribution is -0.140. The molecule has 1 saturated heterocycles. The Bertz CT molecular complexity index is 2170. The van der Waals surface area contributed by atoms with E-state index in [4.69, 9.17) is 4.74 Å². The molecule has 340 valence electrons. The molecule has 2 heterocycles. The molecule has 5 N–H and O–H groups in total. The van der Waals surface area contributed by atoms with E-state index >= 15 is 0 Å². The number of rotatable bonds is 16. The van der Waals surface area contributed by atoms with Gasteiger partial charge in [-0.25, -0.2) is 9.78 Å². The zero-order valence-corrected chi connectivity index (χ0v) is 37.1. The molecule has 7 rings (SSSR count). The molecule has 1 aromatic heterocycles. The molecule has 16 nitrogen and oxygen atoms in total. The van der Waals surface area contributed by atoms with Gasteiger partial charge >= 0.3 is 6.09 Å². The fourth-order valence-corrected chi connectivity index (χ4v) is 9.20. The van der Waals surface area contributed by atoms with E-state index in [1.165, 1.54) is 23.5 Å². The van der Waals surface area contributed by atoms with E-state index in [1.807, 2.05) is 55.5 Å². The van der Waals surface area contributed by atoms with Crippen molar-refractivity contribution in [2.45, 2.75) is 122 Å². The molecule has 3 aromatic rings. The molecule has 3 aliphatic carbocycles. The molecular weight excluding hydrogens is 817 g/mol. The van der Waals surface area contributed by atoms with Gasteiger partial charge in [-0.1, -0.05) is 102 Å². The number of nitrogens with zero attached hydrogens (tertiary/aromatic N) is 3. The molecule has 2 aromatic carbocycles. The third-order valence-corrected chi connectivity index (χ3v) is 12.8. The van der Waals surface area contributed by atoms with Crippen molar-refractivity contribution in [1.29, 1.82) is 0 Å². The number of Topliss-reactive ketones (excluding diaryl/α,β-unsaturated/α-hetero) is 1. The van der Waals surface area contributed by atoms with Gasteiger partial charge in [-0.05, 0) is 65.7 Å². The Morgan fingerprint density at radius 3 is 2.08 bits per heavy atom. The van der Waals surface area contributed by atoms with E-state index in [0.29, 0.717) is 19.3 Å². The lowest BCUT2D eigenvalue weighted by Gasteiger charge is -2.35. The van der Waals surface area contributed by atoms with Crippen LogP contribution < -0.4 is 26.6 Å². The number of likely N-dealkylation sites (tertiary alicyclic amines) is 1. The van der Waals surface area contributed by atoms with Gasteiger partial charge in [-0.15, -0.1) is 0 Å². The third-order valence-electron chi connectivity index (χ3n) is 12.8. The normalized spacial score (nSPS) is 19.8. The number of ether oxygens (including phenoxy) is 1. The SMILES string of the molecule is CCC[C@H](NC(=O)[C@@H]1CN(C(=O)OCC2c3ccccc3-c3ccccc32)C[C@@H]1NC(=O)[C@@H](NC(=O)[C@@H](NC(=O)c1cnccn1)C1CCCCC1)C(C)(C)C)C(=O)C(=O)NC1CC1. The molecule has 0 unspecified atom stereocenters. The van der Waals surface area contributed by atoms with Gasteiger partial charge in [0.25, 0.3) is 11.8 Å². The number of benzene rings is 2. The zero-order chi connectivity index (χ0) is 45.5. The van der Waals surface area contributed by atoms with Gasteiger partial charge < -0.3 is 36.2 Å². The highest BCUT2D eigenvalue weighted by Gasteiger charge is 2.45. The summed E-state index contributed by atoms with van der Waals surface area (Å²) in [6.45, 7) is 6.98. The van der Waals surface area contributed by atoms with Gasteiger partial charge in [0.05, 0.1) is 24.2 Å². The average Bonchev–Trinajstić information content (AvgIpc) is 3.92. The Morgan fingerprint density at radius 1 is 0.797 bits per heavy atom. The summed E-state index contributed by atoms with van der Waals surface area (Å²) in [6.07, 6.45) is 9.95. The van der Waals surface area contributed by atoms with Crippen LogP contribution in [0.25, 0.3) is 11.1 Å². The first-order valence-corrected chi connectivity index (χ1v) is 22.7. The minimum absolute atomic E-state index is 0.0358. The van der Waals surface area contributed by atoms with Crippen LogP contribution in [0.15, 0.2) is 67.1 Å². The maximum Gasteiger partial charge on any atom is 0.409 e. The summed E-state index contributed by atoms with van der Waals surface area (Å²) < 4.78 is 5.97. The number of amides is 6. The van der Waals surface area contributed by atoms with Gasteiger partial charge in [0.1, 0.15) is 24.4 Å². The van der Waals surface area contributed by atoms with Crippen molar-refractivity contribution < 1.29 is 38.3 Å². The smallest absolute Gasteiger partial charge is 0.409 e. The Balaban J connectivity index is 1.10. The predicted molar refractivity (Wildman–Crippen MR) is 236 cm³/mol. The standard InChI is InChI=1S/C48H60N8O8/c1-5-13-36(40(57)45(61)51-29-20-21-29)52-42(58)34-25-56(47(63)64-27-35-32-18-11-9-16-30(32)31-17-10-12-19-33(31)35)26-38(34)53-46(62)41(48(2,3)4)55-44(60)39(28-14-7-6-8-15-28)54-43(59)37-24-49-22-23-50-37/h9-12,16-19,22-24,28-29,34-36,38-39,41H,5-8,13-15,20-21,25-27H2,1-4H3,(H,51,61)(H,52,58)(H,53,62)(H,54,59)(H,55,60)/t34-,36+,38+,39+,41-/m1/s1. The summed E-state index contributed by atoms with van der Waals surface area (Å²) in [6, 6.07) is 11.7. The first-order valence-electron chi connectivity index (χ1n) is 22.7. The van der Waals surface area contributed by atoms with Crippen LogP contribution in [-0.2, 0) is 28.7 Å². The number of nitrogens with one attached hydrogen (secondary N) is 5. The highest BCUT2D eigenvalue weighted by Crippen LogP contribution is 2.44. The highest BCUT2D eigenvalue weighted by atomic mass is 16.6. The van der Waals surface area contributed by atoms with Crippen LogP contribution in [-0.4, -0.2) is 106 Å². The van der Waals surface area contributed by atoms with Crippen LogP contribution in [0.5, 0.6) is 0 Å². The number of carbonyl (C=O) groups is 7. The predicted octanol–water partition coefficient (Wildman–Crippen LogP) is 4.18. The van der Waals surface area contributed by atoms with Gasteiger partial charge in [-0.2, -0.15) is 0 Å². The lowest BCUT2D eigenvalue weighted by atomic mass is 9.82. The van der Waals surface area contributed by atoms with Crippen LogP contribution in [0.1, 0.15) is 113 Å². The summed E-state index contributed by atoms with van der Waals surface area (Å²) in [4.78, 5) is 106. The molecule has 64 heavy (non-hydrogen) atoms. The second-order valence-electron chi connectivity index (χ2n) is 18.6. The first-order chi connectivity index (χ1) is 30.7. The summed E-state index contributed by atoms with van der Waals surface area (Å²) >= 11 is 0. The molecule has 0 radical (unpaired) electrons. The van der Waals surface area contributed by atoms with Gasteiger partial charge in [0, 0.05) is 37.4 Å². The maximum atomic E-state index is 14.5. The van der Waals surface area contributed by atoms with E-state index in [2.05, 4.69) is 36.6 Å². The topological polar surface area (TPSA) is 218 Å². The molecule has 0 bridgehead atoms. The van der Waals surface area contributed by atoms with Crippen molar-refractivity contribution in [1.82, 2.24) is 41.5 Å². The molecule has 5 atom stereocenters. The van der Waals surface area contributed by atoms with Crippen molar-refractivity contribution in [3.8, 4) is 11.1 Å². The quantitative estimate of drug-likeness (QED) is 0.129. The Kier molecular flexibility index (Phi) is 14.4. The minimum Gasteiger partial charge on any atom is -0.448 e. The molecule has 16 heteroatoms. The first kappa shape index (κ1) is 45.8. The highest BCUT2D eigenvalue weighted by molar-refractivity contribution is 6.38. The van der Waals surface area contributed by atoms with Crippen LogP contribution in [0.3, 0.4) is 0 Å². The van der Waals surface area contributed by atoms with Gasteiger partial charge in [0.2, 0.25) is 23.5 Å². The molecule has 1 aliphatic heterocycles. The van der Waals surface area contributed by atoms with E-state index in [9.17, 15) is 33.6 Å². The van der Waals surface area contributed by atoms with E-state index < -0.39 is 76.9 Å². The van der Waals surface area contributed by atoms with Crippen molar-refractivity contribution in [2.24, 2.45) is 17.3 Å². The van der Waals surface area contributed by atoms with Crippen LogP contribution in [0, 0.1) is 17.3 Å². The third kappa shape index (κ3) is 10.8. The van der Waals surface area contributed by atoms with Crippen LogP contribution >= 0.6 is 0 Å². The van der Waals surface area contributed by atoms with Crippen molar-refractivity contribution >= 4 is 41.4 Å². The van der Waals surface area contributed by atoms with Gasteiger partial charge in [0.15, 0.2) is 0 Å². The second-order valence-corrected chi connectivity index (χ2v) is 18.6. The largest absolute Gasteiger partial charge is 0.448 e. The summed E-state index contributed by atoms with van der Waals surface area (Å²) in [7, 11) is 0. The minimum atomic E-state index is -1.15. The number of aromatic nitrogens is 2. The molecule has 0 spiro atoms. The number of fused-ring (bicyclic) bond motifs is 3. The van der Waals surface area contributed by atoms with E-state index in [0.717, 1.165) is 54.4 Å². The van der Waals surface area contributed by atoms with E-state index in [-0.39, 0.29) is 49.7 Å². The summed E-state index contributed by atoms with van der Waals surface area (Å²) in [5.41, 5.74) is 3.40. The number of hydrogen-bond acceptors (Lipinski definition) is 10. The zero-order valence-electron chi connectivity index (χ0n) is 37.1. The summed E-state index contributed by atoms with van der Waals surface area (Å²) in [5, 5.41) is 14.2. The maximum absolute atomic E-state index is 14.5. The van der Waals surface area contributed by atoms with E-state index in [1.54, 1.807) is 20.8 Å². The molecule has 3 fully saturated rings. The summed E-state index contributed by atoms with van der Waals surface area (Å²) in [5.74, 6) is -5.30. The fraction of sp³-hybridized carbons (Fsp3) is 0.521. The van der Waals surface area contributed by atoms with Crippen LogP contribution in [0.4, 0.5) is 4.79 Å². The number of ketones is 1. The fourth-order valence-electron chi connectivity index (χ4n) is 9.20. The van der Waals surface area contributed by atoms with Gasteiger partial charge in [-0.3, -0.25) is 33.8 Å². The Morgan fingerprint density at radius 2 is 1.47 bits per heavy atom. The molecular formula is C48H60N8O8. The lowest BCUT2D eigenvalue weighted by Crippen LogP contribution is -2.61. The van der Waals surface area contributed by atoms with Crippen molar-refractivity contribution in [2.75, 3.05) is 19.7 Å². The monoisotopic (exact) mass is 876 g/mol. The Hall–Kier alpha value is -6.19. The number of hydrogen-bond donors (Lipinski definition) is 5. The van der Waals surface area contributed by atoms with Crippen molar-refractivity contribution in [3.63, 3.8) is 0 Å². The van der Waals surface area contributed by atoms with Crippen LogP contribution in [0.2, 0.25) is 0 Å².